The molecule has 1 atom stereocenters. The first-order valence-electron chi connectivity index (χ1n) is 8.74. The summed E-state index contributed by atoms with van der Waals surface area (Å²) in [6.07, 6.45) is 6.02. The summed E-state index contributed by atoms with van der Waals surface area (Å²) in [6.45, 7) is 4.74. The van der Waals surface area contributed by atoms with E-state index in [0.717, 1.165) is 49.3 Å². The number of benzene rings is 1. The van der Waals surface area contributed by atoms with Crippen molar-refractivity contribution in [1.29, 1.82) is 0 Å². The fraction of sp³-hybridized carbons (Fsp3) is 0.444. The molecule has 7 heteroatoms. The summed E-state index contributed by atoms with van der Waals surface area (Å²) in [7, 11) is 0. The Morgan fingerprint density at radius 3 is 2.68 bits per heavy atom. The van der Waals surface area contributed by atoms with Gasteiger partial charge in [-0.3, -0.25) is 4.79 Å². The molecule has 2 aromatic heterocycles. The van der Waals surface area contributed by atoms with Crippen molar-refractivity contribution >= 4 is 16.9 Å². The number of hydrogen-bond donors (Lipinski definition) is 0. The third-order valence-corrected chi connectivity index (χ3v) is 4.85. The largest absolute Gasteiger partial charge is 0.341 e. The van der Waals surface area contributed by atoms with Crippen LogP contribution in [0, 0.1) is 12.8 Å². The van der Waals surface area contributed by atoms with Gasteiger partial charge in [0, 0.05) is 32.0 Å². The van der Waals surface area contributed by atoms with Crippen LogP contribution in [0.1, 0.15) is 18.7 Å². The molecule has 3 heterocycles. The van der Waals surface area contributed by atoms with Crippen molar-refractivity contribution in [3.8, 4) is 0 Å². The minimum absolute atomic E-state index is 0.0901. The number of carbonyl (C=O) groups excluding carboxylic acids is 1. The summed E-state index contributed by atoms with van der Waals surface area (Å²) >= 11 is 0. The molecule has 0 saturated carbocycles. The molecule has 1 fully saturated rings. The lowest BCUT2D eigenvalue weighted by molar-refractivity contribution is -0.134. The van der Waals surface area contributed by atoms with Crippen molar-refractivity contribution in [3.05, 3.63) is 42.5 Å². The molecule has 4 rings (SSSR count). The number of rotatable bonds is 4. The van der Waals surface area contributed by atoms with Crippen molar-refractivity contribution in [2.45, 2.75) is 32.9 Å². The number of carbonyl (C=O) groups is 1. The smallest absolute Gasteiger partial charge is 0.246 e. The molecule has 130 valence electrons. The Balaban J connectivity index is 1.40. The molecule has 1 aliphatic heterocycles. The normalized spacial score (nSPS) is 18.0. The van der Waals surface area contributed by atoms with Gasteiger partial charge in [-0.1, -0.05) is 12.1 Å². The van der Waals surface area contributed by atoms with Gasteiger partial charge in [0.2, 0.25) is 5.91 Å². The van der Waals surface area contributed by atoms with Crippen molar-refractivity contribution in [3.63, 3.8) is 0 Å². The number of fused-ring (bicyclic) bond motifs is 1. The van der Waals surface area contributed by atoms with Crippen LogP contribution in [0.15, 0.2) is 36.7 Å². The molecule has 7 nitrogen and oxygen atoms in total. The number of imidazole rings is 1. The maximum absolute atomic E-state index is 12.7. The Morgan fingerprint density at radius 1 is 1.24 bits per heavy atom. The molecule has 1 aliphatic rings. The number of likely N-dealkylation sites (tertiary alicyclic amines) is 1. The second-order valence-electron chi connectivity index (χ2n) is 6.69. The topological polar surface area (TPSA) is 68.8 Å². The highest BCUT2D eigenvalue weighted by Gasteiger charge is 2.24. The monoisotopic (exact) mass is 338 g/mol. The van der Waals surface area contributed by atoms with E-state index in [9.17, 15) is 4.79 Å². The summed E-state index contributed by atoms with van der Waals surface area (Å²) < 4.78 is 2.17. The lowest BCUT2D eigenvalue weighted by atomic mass is 9.98. The molecular weight excluding hydrogens is 316 g/mol. The first-order chi connectivity index (χ1) is 12.2. The highest BCUT2D eigenvalue weighted by Crippen LogP contribution is 2.19. The summed E-state index contributed by atoms with van der Waals surface area (Å²) in [5.74, 6) is 1.58. The molecule has 1 unspecified atom stereocenters. The van der Waals surface area contributed by atoms with E-state index in [0.29, 0.717) is 5.92 Å². The summed E-state index contributed by atoms with van der Waals surface area (Å²) in [6, 6.07) is 7.67. The Hall–Kier alpha value is -2.70. The molecule has 1 aromatic carbocycles. The van der Waals surface area contributed by atoms with E-state index in [1.807, 2.05) is 48.5 Å². The molecule has 0 spiro atoms. The first-order valence-corrected chi connectivity index (χ1v) is 8.74. The Morgan fingerprint density at radius 2 is 2.00 bits per heavy atom. The molecule has 1 saturated heterocycles. The number of aryl methyl sites for hydroxylation is 1. The third-order valence-electron chi connectivity index (χ3n) is 4.85. The lowest BCUT2D eigenvalue weighted by Crippen LogP contribution is -2.42. The zero-order valence-corrected chi connectivity index (χ0v) is 14.4. The predicted molar refractivity (Wildman–Crippen MR) is 93.8 cm³/mol. The van der Waals surface area contributed by atoms with E-state index in [1.165, 1.54) is 4.80 Å². The fourth-order valence-electron chi connectivity index (χ4n) is 3.51. The molecule has 0 aliphatic carbocycles. The van der Waals surface area contributed by atoms with E-state index in [2.05, 4.69) is 19.7 Å². The average Bonchev–Trinajstić information content (AvgIpc) is 3.21. The van der Waals surface area contributed by atoms with Gasteiger partial charge in [-0.05, 0) is 37.8 Å². The van der Waals surface area contributed by atoms with E-state index >= 15 is 0 Å². The van der Waals surface area contributed by atoms with Crippen LogP contribution in [0.5, 0.6) is 0 Å². The van der Waals surface area contributed by atoms with Gasteiger partial charge in [0.1, 0.15) is 23.4 Å². The molecular formula is C18H22N6O. The zero-order valence-electron chi connectivity index (χ0n) is 14.4. The average molecular weight is 338 g/mol. The fourth-order valence-corrected chi connectivity index (χ4v) is 3.51. The van der Waals surface area contributed by atoms with E-state index in [-0.39, 0.29) is 12.5 Å². The van der Waals surface area contributed by atoms with Crippen LogP contribution in [-0.4, -0.2) is 48.4 Å². The molecule has 3 aromatic rings. The number of piperidine rings is 1. The maximum Gasteiger partial charge on any atom is 0.246 e. The summed E-state index contributed by atoms with van der Waals surface area (Å²) in [5.41, 5.74) is 1.64. The molecule has 0 N–H and O–H groups in total. The maximum atomic E-state index is 12.7. The summed E-state index contributed by atoms with van der Waals surface area (Å²) in [5, 5.41) is 8.77. The van der Waals surface area contributed by atoms with Gasteiger partial charge in [0.15, 0.2) is 0 Å². The molecule has 1 amide bonds. The Labute approximate surface area is 146 Å². The second kappa shape index (κ2) is 6.66. The van der Waals surface area contributed by atoms with Gasteiger partial charge in [-0.2, -0.15) is 15.0 Å². The number of hydrogen-bond acceptors (Lipinski definition) is 4. The van der Waals surface area contributed by atoms with Gasteiger partial charge in [0.25, 0.3) is 0 Å². The Kier molecular flexibility index (Phi) is 4.21. The highest BCUT2D eigenvalue weighted by molar-refractivity contribution is 5.77. The van der Waals surface area contributed by atoms with Crippen LogP contribution in [0.25, 0.3) is 11.0 Å². The molecule has 0 radical (unpaired) electrons. The minimum atomic E-state index is 0.0901. The zero-order chi connectivity index (χ0) is 17.2. The van der Waals surface area contributed by atoms with Gasteiger partial charge in [-0.25, -0.2) is 4.98 Å². The van der Waals surface area contributed by atoms with E-state index < -0.39 is 0 Å². The number of aromatic nitrogens is 5. The van der Waals surface area contributed by atoms with Crippen LogP contribution in [0.2, 0.25) is 0 Å². The third kappa shape index (κ3) is 3.40. The van der Waals surface area contributed by atoms with E-state index in [1.54, 1.807) is 0 Å². The van der Waals surface area contributed by atoms with Gasteiger partial charge < -0.3 is 9.47 Å². The van der Waals surface area contributed by atoms with Crippen LogP contribution in [0.3, 0.4) is 0 Å². The predicted octanol–water partition coefficient (Wildman–Crippen LogP) is 1.88. The second-order valence-corrected chi connectivity index (χ2v) is 6.69. The van der Waals surface area contributed by atoms with Gasteiger partial charge in [-0.15, -0.1) is 0 Å². The lowest BCUT2D eigenvalue weighted by Gasteiger charge is -2.33. The SMILES string of the molecule is Cc1nccn1CC1CCCN(C(=O)Cn2nc3ccccc3n2)C1. The van der Waals surface area contributed by atoms with Crippen LogP contribution in [-0.2, 0) is 17.9 Å². The van der Waals surface area contributed by atoms with Crippen LogP contribution in [0.4, 0.5) is 0 Å². The summed E-state index contributed by atoms with van der Waals surface area (Å²) in [4.78, 5) is 20.4. The van der Waals surface area contributed by atoms with Crippen LogP contribution < -0.4 is 0 Å². The van der Waals surface area contributed by atoms with Crippen molar-refractivity contribution in [2.24, 2.45) is 5.92 Å². The standard InChI is InChI=1S/C18H22N6O/c1-14-19-8-10-22(14)11-15-5-4-9-23(12-15)18(25)13-24-20-16-6-2-3-7-17(16)21-24/h2-3,6-8,10,15H,4-5,9,11-13H2,1H3. The van der Waals surface area contributed by atoms with Gasteiger partial charge >= 0.3 is 0 Å². The van der Waals surface area contributed by atoms with Crippen LogP contribution >= 0.6 is 0 Å². The highest BCUT2D eigenvalue weighted by atomic mass is 16.2. The number of amides is 1. The number of nitrogens with zero attached hydrogens (tertiary/aromatic N) is 6. The van der Waals surface area contributed by atoms with Crippen molar-refractivity contribution < 1.29 is 4.79 Å². The van der Waals surface area contributed by atoms with Gasteiger partial charge in [0.05, 0.1) is 0 Å². The molecule has 0 bridgehead atoms. The van der Waals surface area contributed by atoms with Crippen molar-refractivity contribution in [1.82, 2.24) is 29.4 Å². The first kappa shape index (κ1) is 15.8. The Bertz CT molecular complexity index is 849. The quantitative estimate of drug-likeness (QED) is 0.728. The minimum Gasteiger partial charge on any atom is -0.341 e. The van der Waals surface area contributed by atoms with E-state index in [4.69, 9.17) is 0 Å². The van der Waals surface area contributed by atoms with Crippen molar-refractivity contribution in [2.75, 3.05) is 13.1 Å². The molecule has 25 heavy (non-hydrogen) atoms.